The molecule has 3 aliphatic heterocycles. The number of aromatic nitrogens is 5. The minimum absolute atomic E-state index is 0.236. The number of halogens is 1. The van der Waals surface area contributed by atoms with Gasteiger partial charge in [-0.05, 0) is 44.1 Å². The van der Waals surface area contributed by atoms with Crippen LogP contribution in [0.3, 0.4) is 0 Å². The van der Waals surface area contributed by atoms with Crippen LogP contribution in [0.25, 0.3) is 22.6 Å². The minimum Gasteiger partial charge on any atom is -0.359 e. The summed E-state index contributed by atoms with van der Waals surface area (Å²) in [7, 11) is 0. The molecule has 10 heteroatoms. The first-order valence-corrected chi connectivity index (χ1v) is 13.6. The highest BCUT2D eigenvalue weighted by Gasteiger charge is 2.46. The van der Waals surface area contributed by atoms with Gasteiger partial charge in [0.05, 0.1) is 18.0 Å². The molecule has 3 aliphatic rings. The number of rotatable bonds is 6. The highest BCUT2D eigenvalue weighted by Crippen LogP contribution is 2.46. The number of carbonyl (C=O) groups is 1. The molecule has 1 aromatic carbocycles. The Morgan fingerprint density at radius 1 is 1.10 bits per heavy atom. The van der Waals surface area contributed by atoms with Crippen molar-refractivity contribution in [1.82, 2.24) is 29.6 Å². The maximum absolute atomic E-state index is 14.5. The molecule has 1 atom stereocenters. The molecule has 0 bridgehead atoms. The van der Waals surface area contributed by atoms with Crippen LogP contribution in [0.1, 0.15) is 37.8 Å². The van der Waals surface area contributed by atoms with E-state index in [4.69, 9.17) is 15.1 Å². The summed E-state index contributed by atoms with van der Waals surface area (Å²) in [5, 5.41) is 8.99. The second-order valence-corrected chi connectivity index (χ2v) is 11.3. The smallest absolute Gasteiger partial charge is 0.184 e. The maximum atomic E-state index is 14.5. The lowest BCUT2D eigenvalue weighted by atomic mass is 9.81. The van der Waals surface area contributed by atoms with Gasteiger partial charge >= 0.3 is 0 Å². The van der Waals surface area contributed by atoms with E-state index in [0.29, 0.717) is 34.6 Å². The van der Waals surface area contributed by atoms with Gasteiger partial charge in [-0.15, -0.1) is 0 Å². The number of pyridine rings is 1. The fraction of sp³-hybridized carbons (Fsp3) is 0.414. The molecule has 6 heterocycles. The standard InChI is InChI=1S/C29H31FN8O/c1-29(2)22(17-39)32-25-23(29)28(37-15-19(16-37)36-12-5-6-13-36)34-26(33-25)24-20-9-7-11-31-27(20)38(35-24)14-18-8-3-4-10-21(18)30/h3-4,7-11,17,19,22H,5-6,12-16H2,1-2H3,(H,32,33,34). The van der Waals surface area contributed by atoms with Gasteiger partial charge in [-0.2, -0.15) is 5.10 Å². The SMILES string of the molecule is CC1(C)c2c(nc(-c3nn(Cc4ccccc4F)c4ncccc34)nc2N2CC(N3CCCC3)C2)NC1C=O. The van der Waals surface area contributed by atoms with E-state index in [1.54, 1.807) is 23.0 Å². The lowest BCUT2D eigenvalue weighted by Gasteiger charge is -2.46. The van der Waals surface area contributed by atoms with Gasteiger partial charge in [0.25, 0.3) is 0 Å². The Kier molecular flexibility index (Phi) is 5.62. The Hall–Kier alpha value is -3.92. The van der Waals surface area contributed by atoms with Crippen molar-refractivity contribution in [3.8, 4) is 11.5 Å². The summed E-state index contributed by atoms with van der Waals surface area (Å²) in [6.07, 6.45) is 5.19. The first kappa shape index (κ1) is 24.1. The molecule has 0 radical (unpaired) electrons. The molecular formula is C29H31FN8O. The molecule has 200 valence electrons. The minimum atomic E-state index is -0.461. The average Bonchev–Trinajstić information content (AvgIpc) is 3.62. The van der Waals surface area contributed by atoms with Gasteiger partial charge in [-0.25, -0.2) is 24.0 Å². The number of hydrogen-bond acceptors (Lipinski definition) is 8. The molecule has 1 N–H and O–H groups in total. The summed E-state index contributed by atoms with van der Waals surface area (Å²) in [6.45, 7) is 8.48. The number of benzene rings is 1. The van der Waals surface area contributed by atoms with Gasteiger partial charge in [0.15, 0.2) is 11.5 Å². The molecule has 7 rings (SSSR count). The highest BCUT2D eigenvalue weighted by atomic mass is 19.1. The molecular weight excluding hydrogens is 495 g/mol. The van der Waals surface area contributed by atoms with E-state index in [1.807, 2.05) is 18.2 Å². The fourth-order valence-corrected chi connectivity index (χ4v) is 6.21. The Morgan fingerprint density at radius 2 is 1.90 bits per heavy atom. The second-order valence-electron chi connectivity index (χ2n) is 11.3. The van der Waals surface area contributed by atoms with Crippen molar-refractivity contribution in [3.05, 3.63) is 59.5 Å². The van der Waals surface area contributed by atoms with Crippen LogP contribution in [-0.4, -0.2) is 74.2 Å². The summed E-state index contributed by atoms with van der Waals surface area (Å²) in [5.74, 6) is 1.70. The van der Waals surface area contributed by atoms with E-state index in [-0.39, 0.29) is 12.4 Å². The van der Waals surface area contributed by atoms with Crippen LogP contribution in [0, 0.1) is 5.82 Å². The van der Waals surface area contributed by atoms with Crippen LogP contribution in [0.2, 0.25) is 0 Å². The number of fused-ring (bicyclic) bond motifs is 2. The van der Waals surface area contributed by atoms with Crippen molar-refractivity contribution in [2.24, 2.45) is 0 Å². The molecule has 0 saturated carbocycles. The van der Waals surface area contributed by atoms with Gasteiger partial charge in [-0.1, -0.05) is 32.0 Å². The number of aldehydes is 1. The van der Waals surface area contributed by atoms with Gasteiger partial charge < -0.3 is 15.0 Å². The largest absolute Gasteiger partial charge is 0.359 e. The molecule has 0 amide bonds. The second kappa shape index (κ2) is 9.08. The third-order valence-electron chi connectivity index (χ3n) is 8.56. The van der Waals surface area contributed by atoms with Gasteiger partial charge in [0.2, 0.25) is 0 Å². The zero-order chi connectivity index (χ0) is 26.7. The zero-order valence-electron chi connectivity index (χ0n) is 22.1. The normalized spacial score (nSPS) is 20.7. The van der Waals surface area contributed by atoms with E-state index in [1.165, 1.54) is 18.9 Å². The molecule has 1 unspecified atom stereocenters. The van der Waals surface area contributed by atoms with Crippen LogP contribution in [0.5, 0.6) is 0 Å². The summed E-state index contributed by atoms with van der Waals surface area (Å²) in [5.41, 5.74) is 2.26. The first-order chi connectivity index (χ1) is 18.9. The van der Waals surface area contributed by atoms with E-state index < -0.39 is 11.5 Å². The summed E-state index contributed by atoms with van der Waals surface area (Å²) < 4.78 is 16.2. The summed E-state index contributed by atoms with van der Waals surface area (Å²) in [6, 6.07) is 10.6. The maximum Gasteiger partial charge on any atom is 0.184 e. The van der Waals surface area contributed by atoms with E-state index in [2.05, 4.69) is 33.9 Å². The third-order valence-corrected chi connectivity index (χ3v) is 8.56. The van der Waals surface area contributed by atoms with Crippen LogP contribution in [0.15, 0.2) is 42.6 Å². The first-order valence-electron chi connectivity index (χ1n) is 13.6. The third kappa shape index (κ3) is 3.88. The number of hydrogen-bond donors (Lipinski definition) is 1. The molecule has 0 aliphatic carbocycles. The van der Waals surface area contributed by atoms with E-state index in [9.17, 15) is 9.18 Å². The van der Waals surface area contributed by atoms with Gasteiger partial charge in [0, 0.05) is 41.9 Å². The number of carbonyl (C=O) groups excluding carboxylic acids is 1. The molecule has 9 nitrogen and oxygen atoms in total. The Bertz CT molecular complexity index is 1570. The molecule has 2 fully saturated rings. The van der Waals surface area contributed by atoms with Crippen LogP contribution >= 0.6 is 0 Å². The molecule has 39 heavy (non-hydrogen) atoms. The quantitative estimate of drug-likeness (QED) is 0.381. The molecule has 3 aromatic heterocycles. The monoisotopic (exact) mass is 526 g/mol. The summed E-state index contributed by atoms with van der Waals surface area (Å²) in [4.78, 5) is 31.5. The van der Waals surface area contributed by atoms with Crippen molar-refractivity contribution >= 4 is 29.0 Å². The Morgan fingerprint density at radius 3 is 2.67 bits per heavy atom. The van der Waals surface area contributed by atoms with Gasteiger partial charge in [0.1, 0.15) is 29.4 Å². The zero-order valence-corrected chi connectivity index (χ0v) is 22.1. The lowest BCUT2D eigenvalue weighted by Crippen LogP contribution is -2.59. The topological polar surface area (TPSA) is 92.1 Å². The lowest BCUT2D eigenvalue weighted by molar-refractivity contribution is -0.109. The molecule has 4 aromatic rings. The molecule has 2 saturated heterocycles. The predicted molar refractivity (Wildman–Crippen MR) is 147 cm³/mol. The average molecular weight is 527 g/mol. The number of likely N-dealkylation sites (tertiary alicyclic amines) is 1. The van der Waals surface area contributed by atoms with Crippen molar-refractivity contribution in [2.45, 2.75) is 50.7 Å². The Labute approximate surface area is 226 Å². The predicted octanol–water partition coefficient (Wildman–Crippen LogP) is 3.63. The van der Waals surface area contributed by atoms with Crippen LogP contribution < -0.4 is 10.2 Å². The fourth-order valence-electron chi connectivity index (χ4n) is 6.21. The van der Waals surface area contributed by atoms with Crippen molar-refractivity contribution in [1.29, 1.82) is 0 Å². The highest BCUT2D eigenvalue weighted by molar-refractivity contribution is 5.90. The summed E-state index contributed by atoms with van der Waals surface area (Å²) >= 11 is 0. The number of anilines is 2. The van der Waals surface area contributed by atoms with Crippen molar-refractivity contribution in [3.63, 3.8) is 0 Å². The van der Waals surface area contributed by atoms with Crippen LogP contribution in [0.4, 0.5) is 16.0 Å². The van der Waals surface area contributed by atoms with Gasteiger partial charge in [-0.3, -0.25) is 4.90 Å². The number of nitrogens with one attached hydrogen (secondary N) is 1. The van der Waals surface area contributed by atoms with Crippen molar-refractivity contribution in [2.75, 3.05) is 36.4 Å². The van der Waals surface area contributed by atoms with E-state index in [0.717, 1.165) is 49.2 Å². The Balaban J connectivity index is 1.33. The van der Waals surface area contributed by atoms with E-state index >= 15 is 0 Å². The van der Waals surface area contributed by atoms with Crippen LogP contribution in [-0.2, 0) is 16.8 Å². The molecule has 0 spiro atoms. The number of nitrogens with zero attached hydrogens (tertiary/aromatic N) is 7. The van der Waals surface area contributed by atoms with Crippen molar-refractivity contribution < 1.29 is 9.18 Å².